The van der Waals surface area contributed by atoms with E-state index in [1.807, 2.05) is 18.3 Å². The highest BCUT2D eigenvalue weighted by Gasteiger charge is 2.28. The molecule has 0 saturated carbocycles. The van der Waals surface area contributed by atoms with Gasteiger partial charge in [0.15, 0.2) is 0 Å². The zero-order chi connectivity index (χ0) is 20.5. The largest absolute Gasteiger partial charge is 0.478 e. The molecule has 2 heterocycles. The zero-order valence-electron chi connectivity index (χ0n) is 17.5. The number of carbonyl (C=O) groups is 1. The summed E-state index contributed by atoms with van der Waals surface area (Å²) < 4.78 is 0. The smallest absolute Gasteiger partial charge is 0.335 e. The summed E-state index contributed by atoms with van der Waals surface area (Å²) in [4.78, 5) is 17.1. The number of likely N-dealkylation sites (tertiary alicyclic amines) is 1. The van der Waals surface area contributed by atoms with Gasteiger partial charge in [-0.3, -0.25) is 0 Å². The molecule has 4 rings (SSSR count). The molecular weight excluding hydrogens is 360 g/mol. The van der Waals surface area contributed by atoms with Gasteiger partial charge in [-0.15, -0.1) is 0 Å². The normalized spacial score (nSPS) is 20.7. The fourth-order valence-electron chi connectivity index (χ4n) is 5.03. The van der Waals surface area contributed by atoms with Crippen molar-refractivity contribution in [2.75, 3.05) is 20.1 Å². The number of benzene rings is 2. The minimum atomic E-state index is -0.862. The van der Waals surface area contributed by atoms with Crippen LogP contribution in [-0.4, -0.2) is 41.1 Å². The number of nitrogens with one attached hydrogen (secondary N) is 1. The molecule has 4 heteroatoms. The topological polar surface area (TPSA) is 56.3 Å². The molecule has 2 N–H and O–H groups in total. The number of hydrogen-bond acceptors (Lipinski definition) is 2. The number of fused-ring (bicyclic) bond motifs is 1. The third-order valence-electron chi connectivity index (χ3n) is 6.70. The molecule has 3 aromatic rings. The third-order valence-corrected chi connectivity index (χ3v) is 6.70. The van der Waals surface area contributed by atoms with Crippen molar-refractivity contribution in [1.29, 1.82) is 0 Å². The average molecular weight is 391 g/mol. The molecule has 0 amide bonds. The summed E-state index contributed by atoms with van der Waals surface area (Å²) in [6, 6.07) is 12.1. The molecule has 2 unspecified atom stereocenters. The predicted molar refractivity (Wildman–Crippen MR) is 118 cm³/mol. The van der Waals surface area contributed by atoms with Crippen LogP contribution in [-0.2, 0) is 6.42 Å². The number of aromatic nitrogens is 1. The Morgan fingerprint density at radius 1 is 1.10 bits per heavy atom. The van der Waals surface area contributed by atoms with Crippen LogP contribution < -0.4 is 0 Å². The van der Waals surface area contributed by atoms with E-state index >= 15 is 0 Å². The van der Waals surface area contributed by atoms with E-state index < -0.39 is 5.97 Å². The zero-order valence-corrected chi connectivity index (χ0v) is 17.5. The van der Waals surface area contributed by atoms with Gasteiger partial charge in [0.1, 0.15) is 0 Å². The maximum Gasteiger partial charge on any atom is 0.335 e. The molecule has 1 aliphatic rings. The Kier molecular flexibility index (Phi) is 5.46. The van der Waals surface area contributed by atoms with E-state index in [1.165, 1.54) is 33.2 Å². The van der Waals surface area contributed by atoms with Crippen molar-refractivity contribution in [3.8, 4) is 0 Å². The van der Waals surface area contributed by atoms with E-state index in [-0.39, 0.29) is 0 Å². The molecule has 0 spiro atoms. The number of hydrogen-bond donors (Lipinski definition) is 2. The summed E-state index contributed by atoms with van der Waals surface area (Å²) in [6.45, 7) is 6.58. The Morgan fingerprint density at radius 3 is 2.55 bits per heavy atom. The lowest BCUT2D eigenvalue weighted by molar-refractivity contribution is 0.0697. The quantitative estimate of drug-likeness (QED) is 0.648. The second-order valence-electron chi connectivity index (χ2n) is 8.63. The summed E-state index contributed by atoms with van der Waals surface area (Å²) in [6.07, 6.45) is 5.36. The number of H-pyrrole nitrogens is 1. The van der Waals surface area contributed by atoms with Crippen LogP contribution in [0.4, 0.5) is 0 Å². The molecule has 0 aliphatic carbocycles. The lowest BCUT2D eigenvalue weighted by Gasteiger charge is -2.27. The van der Waals surface area contributed by atoms with Crippen LogP contribution in [0.3, 0.4) is 0 Å². The second kappa shape index (κ2) is 8.03. The number of carboxylic acids is 1. The third kappa shape index (κ3) is 3.95. The van der Waals surface area contributed by atoms with Crippen LogP contribution in [0, 0.1) is 19.8 Å². The molecule has 0 bridgehead atoms. The summed E-state index contributed by atoms with van der Waals surface area (Å²) in [5.41, 5.74) is 7.00. The maximum atomic E-state index is 11.2. The number of aromatic amines is 1. The summed E-state index contributed by atoms with van der Waals surface area (Å²) in [5, 5.41) is 10.6. The molecular formula is C25H30N2O2. The summed E-state index contributed by atoms with van der Waals surface area (Å²) in [7, 11) is 2.20. The van der Waals surface area contributed by atoms with Crippen molar-refractivity contribution < 1.29 is 9.90 Å². The second-order valence-corrected chi connectivity index (χ2v) is 8.63. The van der Waals surface area contributed by atoms with Crippen molar-refractivity contribution in [3.05, 3.63) is 70.4 Å². The highest BCUT2D eigenvalue weighted by Crippen LogP contribution is 2.38. The highest BCUT2D eigenvalue weighted by atomic mass is 16.4. The van der Waals surface area contributed by atoms with Gasteiger partial charge in [-0.25, -0.2) is 4.79 Å². The monoisotopic (exact) mass is 390 g/mol. The van der Waals surface area contributed by atoms with Crippen molar-refractivity contribution in [3.63, 3.8) is 0 Å². The van der Waals surface area contributed by atoms with Crippen molar-refractivity contribution in [1.82, 2.24) is 9.88 Å². The first-order chi connectivity index (χ1) is 13.9. The lowest BCUT2D eigenvalue weighted by atomic mass is 9.77. The first-order valence-electron chi connectivity index (χ1n) is 10.5. The van der Waals surface area contributed by atoms with Gasteiger partial charge in [0.2, 0.25) is 0 Å². The molecule has 1 fully saturated rings. The number of nitrogens with zero attached hydrogens (tertiary/aromatic N) is 1. The number of aryl methyl sites for hydroxylation is 2. The van der Waals surface area contributed by atoms with Gasteiger partial charge >= 0.3 is 5.97 Å². The molecule has 1 saturated heterocycles. The van der Waals surface area contributed by atoms with Crippen LogP contribution in [0.5, 0.6) is 0 Å². The van der Waals surface area contributed by atoms with Gasteiger partial charge in [-0.1, -0.05) is 18.2 Å². The highest BCUT2D eigenvalue weighted by molar-refractivity contribution is 5.88. The van der Waals surface area contributed by atoms with E-state index in [1.54, 1.807) is 12.1 Å². The fourth-order valence-corrected chi connectivity index (χ4v) is 5.03. The van der Waals surface area contributed by atoms with Crippen molar-refractivity contribution in [2.45, 2.75) is 39.0 Å². The van der Waals surface area contributed by atoms with E-state index in [0.29, 0.717) is 17.4 Å². The molecule has 0 radical (unpaired) electrons. The molecule has 29 heavy (non-hydrogen) atoms. The Labute approximate surface area is 172 Å². The van der Waals surface area contributed by atoms with Gasteiger partial charge in [0.05, 0.1) is 5.56 Å². The molecule has 1 aliphatic heterocycles. The van der Waals surface area contributed by atoms with Gasteiger partial charge in [0.25, 0.3) is 0 Å². The standard InChI is InChI=1S/C25H30N2O2/c1-16-14-17(2)24-22(8-11-26-24)23(16)15-20-9-12-27(3)13-10-21(20)18-4-6-19(7-5-18)25(28)29/h4-8,11,14,20-21,26H,9-10,12-13,15H2,1-3H3,(H,28,29). The minimum absolute atomic E-state index is 0.361. The Balaban J connectivity index is 1.69. The molecule has 2 atom stereocenters. The number of rotatable bonds is 4. The van der Waals surface area contributed by atoms with E-state index in [9.17, 15) is 9.90 Å². The molecule has 1 aromatic heterocycles. The van der Waals surface area contributed by atoms with Gasteiger partial charge < -0.3 is 15.0 Å². The first-order valence-corrected chi connectivity index (χ1v) is 10.5. The molecule has 4 nitrogen and oxygen atoms in total. The van der Waals surface area contributed by atoms with Crippen molar-refractivity contribution >= 4 is 16.9 Å². The van der Waals surface area contributed by atoms with Gasteiger partial charge in [-0.2, -0.15) is 0 Å². The maximum absolute atomic E-state index is 11.2. The fraction of sp³-hybridized carbons (Fsp3) is 0.400. The van der Waals surface area contributed by atoms with E-state index in [2.05, 4.69) is 42.9 Å². The van der Waals surface area contributed by atoms with E-state index in [4.69, 9.17) is 0 Å². The number of aromatic carboxylic acids is 1. The van der Waals surface area contributed by atoms with Gasteiger partial charge in [0, 0.05) is 17.1 Å². The Hall–Kier alpha value is -2.59. The van der Waals surface area contributed by atoms with Crippen LogP contribution >= 0.6 is 0 Å². The predicted octanol–water partition coefficient (Wildman–Crippen LogP) is 5.15. The van der Waals surface area contributed by atoms with Crippen LogP contribution in [0.2, 0.25) is 0 Å². The van der Waals surface area contributed by atoms with E-state index in [0.717, 1.165) is 32.4 Å². The molecule has 152 valence electrons. The summed E-state index contributed by atoms with van der Waals surface area (Å²) >= 11 is 0. The first kappa shape index (κ1) is 19.7. The lowest BCUT2D eigenvalue weighted by Crippen LogP contribution is -2.19. The van der Waals surface area contributed by atoms with Crippen molar-refractivity contribution in [2.24, 2.45) is 5.92 Å². The average Bonchev–Trinajstić information content (AvgIpc) is 3.12. The van der Waals surface area contributed by atoms with Crippen LogP contribution in [0.15, 0.2) is 42.6 Å². The SMILES string of the molecule is Cc1cc(C)c2[nH]ccc2c1CC1CCN(C)CCC1c1ccc(C(=O)O)cc1. The Morgan fingerprint density at radius 2 is 1.83 bits per heavy atom. The Bertz CT molecular complexity index is 1020. The minimum Gasteiger partial charge on any atom is -0.478 e. The number of carboxylic acid groups (broad SMARTS) is 1. The molecule has 2 aromatic carbocycles. The van der Waals surface area contributed by atoms with Crippen LogP contribution in [0.1, 0.15) is 51.4 Å². The van der Waals surface area contributed by atoms with Crippen LogP contribution in [0.25, 0.3) is 10.9 Å². The van der Waals surface area contributed by atoms with Gasteiger partial charge in [-0.05, 0) is 106 Å². The summed E-state index contributed by atoms with van der Waals surface area (Å²) in [5.74, 6) is 0.117.